The fourth-order valence-electron chi connectivity index (χ4n) is 1.11. The minimum Gasteiger partial charge on any atom is -0.395 e. The summed E-state index contributed by atoms with van der Waals surface area (Å²) in [5, 5.41) is 19.8. The van der Waals surface area contributed by atoms with Crippen molar-refractivity contribution < 1.29 is 19.8 Å². The third-order valence-electron chi connectivity index (χ3n) is 1.90. The van der Waals surface area contributed by atoms with E-state index in [1.54, 1.807) is 0 Å². The predicted molar refractivity (Wildman–Crippen MR) is 57.4 cm³/mol. The lowest BCUT2D eigenvalue weighted by Crippen LogP contribution is -2.43. The number of carbonyl (C=O) groups is 2. The van der Waals surface area contributed by atoms with Gasteiger partial charge in [0.05, 0.1) is 19.8 Å². The fraction of sp³-hybridized carbons (Fsp3) is 0.778. The summed E-state index contributed by atoms with van der Waals surface area (Å²) < 4.78 is 0. The van der Waals surface area contributed by atoms with Crippen molar-refractivity contribution in [2.45, 2.75) is 6.42 Å². The molecule has 0 unspecified atom stereocenters. The zero-order valence-corrected chi connectivity index (χ0v) is 9.19. The standard InChI is InChI=1S/C9H19N3O4/c10-2-1-8(15)11-7-9(16)12(3-5-13)4-6-14/h13-14H,1-7,10H2,(H,11,15). The van der Waals surface area contributed by atoms with Crippen LogP contribution in [-0.4, -0.2) is 66.3 Å². The molecule has 0 aliphatic rings. The number of aliphatic hydroxyl groups excluding tert-OH is 2. The van der Waals surface area contributed by atoms with E-state index in [-0.39, 0.29) is 57.6 Å². The summed E-state index contributed by atoms with van der Waals surface area (Å²) in [6, 6.07) is 0. The summed E-state index contributed by atoms with van der Waals surface area (Å²) in [5.74, 6) is -0.628. The molecule has 94 valence electrons. The van der Waals surface area contributed by atoms with Crippen LogP contribution in [0.2, 0.25) is 0 Å². The molecule has 2 amide bonds. The van der Waals surface area contributed by atoms with E-state index in [0.717, 1.165) is 0 Å². The Labute approximate surface area is 94.2 Å². The lowest BCUT2D eigenvalue weighted by atomic mass is 10.4. The molecule has 16 heavy (non-hydrogen) atoms. The van der Waals surface area contributed by atoms with Crippen molar-refractivity contribution in [3.63, 3.8) is 0 Å². The van der Waals surface area contributed by atoms with Crippen LogP contribution in [-0.2, 0) is 9.59 Å². The van der Waals surface area contributed by atoms with Gasteiger partial charge < -0.3 is 26.2 Å². The molecule has 0 aromatic carbocycles. The topological polar surface area (TPSA) is 116 Å². The third-order valence-corrected chi connectivity index (χ3v) is 1.90. The van der Waals surface area contributed by atoms with Gasteiger partial charge in [-0.15, -0.1) is 0 Å². The van der Waals surface area contributed by atoms with Crippen LogP contribution in [0.3, 0.4) is 0 Å². The summed E-state index contributed by atoms with van der Waals surface area (Å²) in [6.07, 6.45) is 0.174. The second-order valence-corrected chi connectivity index (χ2v) is 3.14. The van der Waals surface area contributed by atoms with Crippen LogP contribution < -0.4 is 11.1 Å². The summed E-state index contributed by atoms with van der Waals surface area (Å²) in [6.45, 7) is 0.0269. The number of nitrogens with zero attached hydrogens (tertiary/aromatic N) is 1. The maximum absolute atomic E-state index is 11.5. The first-order chi connectivity index (χ1) is 7.65. The van der Waals surface area contributed by atoms with Crippen LogP contribution >= 0.6 is 0 Å². The van der Waals surface area contributed by atoms with Crippen molar-refractivity contribution >= 4 is 11.8 Å². The SMILES string of the molecule is NCCC(=O)NCC(=O)N(CCO)CCO. The molecule has 0 radical (unpaired) electrons. The molecule has 0 spiro atoms. The summed E-state index contributed by atoms with van der Waals surface area (Å²) in [4.78, 5) is 23.8. The van der Waals surface area contributed by atoms with Gasteiger partial charge in [0.1, 0.15) is 0 Å². The van der Waals surface area contributed by atoms with Gasteiger partial charge in [-0.25, -0.2) is 0 Å². The summed E-state index contributed by atoms with van der Waals surface area (Å²) >= 11 is 0. The molecule has 0 rings (SSSR count). The number of hydrogen-bond donors (Lipinski definition) is 4. The number of amides is 2. The van der Waals surface area contributed by atoms with Crippen molar-refractivity contribution in [3.05, 3.63) is 0 Å². The Bertz CT molecular complexity index is 217. The van der Waals surface area contributed by atoms with Gasteiger partial charge in [-0.05, 0) is 0 Å². The Balaban J connectivity index is 3.94. The lowest BCUT2D eigenvalue weighted by molar-refractivity contribution is -0.133. The average molecular weight is 233 g/mol. The number of aliphatic hydroxyl groups is 2. The average Bonchev–Trinajstić information content (AvgIpc) is 2.26. The van der Waals surface area contributed by atoms with Gasteiger partial charge in [0.15, 0.2) is 0 Å². The third kappa shape index (κ3) is 6.33. The van der Waals surface area contributed by atoms with Crippen LogP contribution in [0.5, 0.6) is 0 Å². The number of carbonyl (C=O) groups excluding carboxylic acids is 2. The highest BCUT2D eigenvalue weighted by Gasteiger charge is 2.12. The molecule has 0 saturated carbocycles. The number of nitrogens with one attached hydrogen (secondary N) is 1. The van der Waals surface area contributed by atoms with E-state index < -0.39 is 0 Å². The van der Waals surface area contributed by atoms with Crippen molar-refractivity contribution in [1.29, 1.82) is 0 Å². The first-order valence-electron chi connectivity index (χ1n) is 5.12. The van der Waals surface area contributed by atoms with Crippen molar-refractivity contribution in [2.75, 3.05) is 39.4 Å². The second-order valence-electron chi connectivity index (χ2n) is 3.14. The number of hydrogen-bond acceptors (Lipinski definition) is 5. The molecule has 0 aliphatic carbocycles. The Hall–Kier alpha value is -1.18. The predicted octanol–water partition coefficient (Wildman–Crippen LogP) is -2.74. The second kappa shape index (κ2) is 9.08. The maximum Gasteiger partial charge on any atom is 0.242 e. The minimum atomic E-state index is -0.339. The highest BCUT2D eigenvalue weighted by Crippen LogP contribution is 1.88. The van der Waals surface area contributed by atoms with E-state index in [1.165, 1.54) is 4.90 Å². The molecule has 0 aromatic rings. The molecule has 0 saturated heterocycles. The van der Waals surface area contributed by atoms with Gasteiger partial charge in [-0.3, -0.25) is 9.59 Å². The number of rotatable bonds is 8. The Morgan fingerprint density at radius 2 is 1.75 bits per heavy atom. The van der Waals surface area contributed by atoms with Crippen LogP contribution in [0.15, 0.2) is 0 Å². The Morgan fingerprint density at radius 1 is 1.19 bits per heavy atom. The first-order valence-corrected chi connectivity index (χ1v) is 5.12. The first kappa shape index (κ1) is 14.8. The monoisotopic (exact) mass is 233 g/mol. The smallest absolute Gasteiger partial charge is 0.242 e. The molecule has 0 bridgehead atoms. The molecular formula is C9H19N3O4. The molecular weight excluding hydrogens is 214 g/mol. The normalized spacial score (nSPS) is 9.94. The van der Waals surface area contributed by atoms with Crippen LogP contribution in [0.4, 0.5) is 0 Å². The van der Waals surface area contributed by atoms with E-state index in [1.807, 2.05) is 0 Å². The summed E-state index contributed by atoms with van der Waals surface area (Å²) in [5.41, 5.74) is 5.17. The van der Waals surface area contributed by atoms with Crippen LogP contribution in [0, 0.1) is 0 Å². The fourth-order valence-corrected chi connectivity index (χ4v) is 1.11. The van der Waals surface area contributed by atoms with Gasteiger partial charge in [-0.1, -0.05) is 0 Å². The van der Waals surface area contributed by atoms with Crippen LogP contribution in [0.1, 0.15) is 6.42 Å². The van der Waals surface area contributed by atoms with Gasteiger partial charge in [0.2, 0.25) is 11.8 Å². The van der Waals surface area contributed by atoms with Gasteiger partial charge in [0, 0.05) is 26.1 Å². The molecule has 0 atom stereocenters. The van der Waals surface area contributed by atoms with E-state index in [9.17, 15) is 9.59 Å². The van der Waals surface area contributed by atoms with Crippen LogP contribution in [0.25, 0.3) is 0 Å². The molecule has 7 heteroatoms. The van der Waals surface area contributed by atoms with Crippen molar-refractivity contribution in [1.82, 2.24) is 10.2 Å². The van der Waals surface area contributed by atoms with E-state index >= 15 is 0 Å². The molecule has 7 nitrogen and oxygen atoms in total. The lowest BCUT2D eigenvalue weighted by Gasteiger charge is -2.20. The quantitative estimate of drug-likeness (QED) is 0.363. The van der Waals surface area contributed by atoms with Crippen molar-refractivity contribution in [3.8, 4) is 0 Å². The zero-order valence-electron chi connectivity index (χ0n) is 9.19. The molecule has 0 aromatic heterocycles. The maximum atomic E-state index is 11.5. The highest BCUT2D eigenvalue weighted by atomic mass is 16.3. The Kier molecular flexibility index (Phi) is 8.41. The Morgan fingerprint density at radius 3 is 2.19 bits per heavy atom. The van der Waals surface area contributed by atoms with Gasteiger partial charge in [0.25, 0.3) is 0 Å². The molecule has 0 aliphatic heterocycles. The van der Waals surface area contributed by atoms with Gasteiger partial charge in [-0.2, -0.15) is 0 Å². The summed E-state index contributed by atoms with van der Waals surface area (Å²) in [7, 11) is 0. The minimum absolute atomic E-state index is 0.140. The molecule has 0 heterocycles. The largest absolute Gasteiger partial charge is 0.395 e. The highest BCUT2D eigenvalue weighted by molar-refractivity contribution is 5.84. The zero-order chi connectivity index (χ0) is 12.4. The number of nitrogens with two attached hydrogens (primary N) is 1. The van der Waals surface area contributed by atoms with Crippen molar-refractivity contribution in [2.24, 2.45) is 5.73 Å². The molecule has 0 fully saturated rings. The molecule has 5 N–H and O–H groups in total. The van der Waals surface area contributed by atoms with E-state index in [2.05, 4.69) is 5.32 Å². The van der Waals surface area contributed by atoms with Gasteiger partial charge >= 0.3 is 0 Å². The van der Waals surface area contributed by atoms with E-state index in [4.69, 9.17) is 15.9 Å². The van der Waals surface area contributed by atoms with E-state index in [0.29, 0.717) is 0 Å².